The topological polar surface area (TPSA) is 21.3 Å². The molecule has 0 bridgehead atoms. The SMILES string of the molecule is CC(NCc1ccc(OCc2ccccc2)c(Cl)c1)c1ccccc1.Cl. The highest BCUT2D eigenvalue weighted by Crippen LogP contribution is 2.26. The monoisotopic (exact) mass is 387 g/mol. The highest BCUT2D eigenvalue weighted by molar-refractivity contribution is 6.32. The average Bonchev–Trinajstić information content (AvgIpc) is 2.67. The number of benzene rings is 3. The van der Waals surface area contributed by atoms with Gasteiger partial charge in [0.05, 0.1) is 5.02 Å². The fourth-order valence-corrected chi connectivity index (χ4v) is 2.89. The molecular formula is C22H23Cl2NO. The van der Waals surface area contributed by atoms with Crippen molar-refractivity contribution in [1.82, 2.24) is 5.32 Å². The second kappa shape index (κ2) is 10.2. The van der Waals surface area contributed by atoms with Gasteiger partial charge in [0.1, 0.15) is 12.4 Å². The van der Waals surface area contributed by atoms with Crippen LogP contribution in [0.25, 0.3) is 0 Å². The van der Waals surface area contributed by atoms with Crippen molar-refractivity contribution in [3.05, 3.63) is 101 Å². The zero-order valence-electron chi connectivity index (χ0n) is 14.7. The molecule has 3 aromatic carbocycles. The summed E-state index contributed by atoms with van der Waals surface area (Å²) in [5, 5.41) is 4.16. The third-order valence-electron chi connectivity index (χ3n) is 4.15. The van der Waals surface area contributed by atoms with Crippen LogP contribution in [0.1, 0.15) is 29.7 Å². The maximum Gasteiger partial charge on any atom is 0.138 e. The van der Waals surface area contributed by atoms with Gasteiger partial charge in [-0.05, 0) is 35.7 Å². The summed E-state index contributed by atoms with van der Waals surface area (Å²) in [7, 11) is 0. The molecule has 0 heterocycles. The number of hydrogen-bond acceptors (Lipinski definition) is 2. The van der Waals surface area contributed by atoms with Crippen molar-refractivity contribution in [1.29, 1.82) is 0 Å². The van der Waals surface area contributed by atoms with E-state index in [9.17, 15) is 0 Å². The van der Waals surface area contributed by atoms with Crippen LogP contribution in [-0.2, 0) is 13.2 Å². The molecule has 3 rings (SSSR count). The van der Waals surface area contributed by atoms with Gasteiger partial charge in [0.25, 0.3) is 0 Å². The number of hydrogen-bond donors (Lipinski definition) is 1. The Balaban J connectivity index is 0.00000243. The van der Waals surface area contributed by atoms with Gasteiger partial charge >= 0.3 is 0 Å². The molecule has 0 aliphatic carbocycles. The summed E-state index contributed by atoms with van der Waals surface area (Å²) < 4.78 is 5.82. The molecule has 0 spiro atoms. The molecule has 0 aliphatic rings. The third-order valence-corrected chi connectivity index (χ3v) is 4.44. The third kappa shape index (κ3) is 5.77. The van der Waals surface area contributed by atoms with Gasteiger partial charge in [-0.3, -0.25) is 0 Å². The summed E-state index contributed by atoms with van der Waals surface area (Å²) in [6, 6.07) is 26.7. The molecule has 2 nitrogen and oxygen atoms in total. The van der Waals surface area contributed by atoms with E-state index in [-0.39, 0.29) is 18.4 Å². The lowest BCUT2D eigenvalue weighted by molar-refractivity contribution is 0.306. The second-order valence-electron chi connectivity index (χ2n) is 6.05. The number of rotatable bonds is 7. The summed E-state index contributed by atoms with van der Waals surface area (Å²) in [6.07, 6.45) is 0. The molecule has 0 saturated carbocycles. The fraction of sp³-hybridized carbons (Fsp3) is 0.182. The maximum atomic E-state index is 6.38. The van der Waals surface area contributed by atoms with Crippen LogP contribution < -0.4 is 10.1 Å². The van der Waals surface area contributed by atoms with Crippen molar-refractivity contribution >= 4 is 24.0 Å². The summed E-state index contributed by atoms with van der Waals surface area (Å²) in [5.41, 5.74) is 3.54. The van der Waals surface area contributed by atoms with Crippen LogP contribution in [0.5, 0.6) is 5.75 Å². The fourth-order valence-electron chi connectivity index (χ4n) is 2.64. The summed E-state index contributed by atoms with van der Waals surface area (Å²) in [4.78, 5) is 0. The Morgan fingerprint density at radius 3 is 2.19 bits per heavy atom. The van der Waals surface area contributed by atoms with Gasteiger partial charge in [-0.1, -0.05) is 78.3 Å². The minimum absolute atomic E-state index is 0. The minimum atomic E-state index is 0. The largest absolute Gasteiger partial charge is 0.487 e. The number of nitrogens with one attached hydrogen (secondary N) is 1. The zero-order valence-corrected chi connectivity index (χ0v) is 16.3. The van der Waals surface area contributed by atoms with E-state index < -0.39 is 0 Å². The normalized spacial score (nSPS) is 11.5. The first kappa shape index (κ1) is 20.3. The van der Waals surface area contributed by atoms with E-state index in [1.165, 1.54) is 5.56 Å². The van der Waals surface area contributed by atoms with Crippen molar-refractivity contribution in [2.45, 2.75) is 26.1 Å². The Kier molecular flexibility index (Phi) is 7.99. The minimum Gasteiger partial charge on any atom is -0.487 e. The van der Waals surface area contributed by atoms with E-state index in [1.807, 2.05) is 48.5 Å². The molecule has 4 heteroatoms. The Hall–Kier alpha value is -2.00. The lowest BCUT2D eigenvalue weighted by Gasteiger charge is -2.15. The summed E-state index contributed by atoms with van der Waals surface area (Å²) in [5.74, 6) is 0.713. The summed E-state index contributed by atoms with van der Waals surface area (Å²) >= 11 is 6.38. The van der Waals surface area contributed by atoms with Crippen molar-refractivity contribution in [2.75, 3.05) is 0 Å². The molecule has 136 valence electrons. The summed E-state index contributed by atoms with van der Waals surface area (Å²) in [6.45, 7) is 3.44. The molecule has 26 heavy (non-hydrogen) atoms. The Bertz CT molecular complexity index is 794. The quantitative estimate of drug-likeness (QED) is 0.521. The van der Waals surface area contributed by atoms with E-state index in [2.05, 4.69) is 42.6 Å². The molecule has 1 unspecified atom stereocenters. The lowest BCUT2D eigenvalue weighted by atomic mass is 10.1. The van der Waals surface area contributed by atoms with E-state index in [4.69, 9.17) is 16.3 Å². The average molecular weight is 388 g/mol. The molecule has 3 aromatic rings. The van der Waals surface area contributed by atoms with Crippen molar-refractivity contribution in [2.24, 2.45) is 0 Å². The van der Waals surface area contributed by atoms with Crippen LogP contribution in [0.2, 0.25) is 5.02 Å². The smallest absolute Gasteiger partial charge is 0.138 e. The molecule has 0 aromatic heterocycles. The maximum absolute atomic E-state index is 6.38. The predicted octanol–water partition coefficient (Wildman–Crippen LogP) is 6.19. The molecule has 0 aliphatic heterocycles. The van der Waals surface area contributed by atoms with Gasteiger partial charge < -0.3 is 10.1 Å². The molecule has 0 fully saturated rings. The number of ether oxygens (including phenoxy) is 1. The van der Waals surface area contributed by atoms with Gasteiger partial charge in [0.15, 0.2) is 0 Å². The molecular weight excluding hydrogens is 365 g/mol. The van der Waals surface area contributed by atoms with E-state index in [0.717, 1.165) is 17.7 Å². The van der Waals surface area contributed by atoms with Crippen LogP contribution in [0.15, 0.2) is 78.9 Å². The van der Waals surface area contributed by atoms with Gasteiger partial charge in [0, 0.05) is 12.6 Å². The Morgan fingerprint density at radius 1 is 0.885 bits per heavy atom. The standard InChI is InChI=1S/C22H22ClNO.ClH/c1-17(20-10-6-3-7-11-20)24-15-19-12-13-22(21(23)14-19)25-16-18-8-4-2-5-9-18;/h2-14,17,24H,15-16H2,1H3;1H. The first-order chi connectivity index (χ1) is 12.2. The van der Waals surface area contributed by atoms with Crippen molar-refractivity contribution in [3.63, 3.8) is 0 Å². The molecule has 0 saturated heterocycles. The van der Waals surface area contributed by atoms with Crippen LogP contribution in [0, 0.1) is 0 Å². The predicted molar refractivity (Wildman–Crippen MR) is 111 cm³/mol. The highest BCUT2D eigenvalue weighted by Gasteiger charge is 2.07. The highest BCUT2D eigenvalue weighted by atomic mass is 35.5. The first-order valence-electron chi connectivity index (χ1n) is 8.46. The van der Waals surface area contributed by atoms with Crippen molar-refractivity contribution < 1.29 is 4.74 Å². The lowest BCUT2D eigenvalue weighted by Crippen LogP contribution is -2.17. The number of halogens is 2. The Morgan fingerprint density at radius 2 is 1.54 bits per heavy atom. The van der Waals surface area contributed by atoms with Gasteiger partial charge in [-0.25, -0.2) is 0 Å². The van der Waals surface area contributed by atoms with Gasteiger partial charge in [-0.2, -0.15) is 0 Å². The zero-order chi connectivity index (χ0) is 17.5. The Labute approximate surface area is 166 Å². The van der Waals surface area contributed by atoms with Crippen LogP contribution >= 0.6 is 24.0 Å². The van der Waals surface area contributed by atoms with Crippen LogP contribution in [0.3, 0.4) is 0 Å². The van der Waals surface area contributed by atoms with E-state index in [1.54, 1.807) is 0 Å². The van der Waals surface area contributed by atoms with Gasteiger partial charge in [0.2, 0.25) is 0 Å². The van der Waals surface area contributed by atoms with Crippen LogP contribution in [0.4, 0.5) is 0 Å². The molecule has 1 N–H and O–H groups in total. The molecule has 1 atom stereocenters. The van der Waals surface area contributed by atoms with Crippen LogP contribution in [-0.4, -0.2) is 0 Å². The van der Waals surface area contributed by atoms with Gasteiger partial charge in [-0.15, -0.1) is 12.4 Å². The molecule has 0 radical (unpaired) electrons. The van der Waals surface area contributed by atoms with E-state index in [0.29, 0.717) is 17.4 Å². The second-order valence-corrected chi connectivity index (χ2v) is 6.46. The van der Waals surface area contributed by atoms with Crippen molar-refractivity contribution in [3.8, 4) is 5.75 Å². The first-order valence-corrected chi connectivity index (χ1v) is 8.83. The molecule has 0 amide bonds. The van der Waals surface area contributed by atoms with E-state index >= 15 is 0 Å².